The van der Waals surface area contributed by atoms with Crippen molar-refractivity contribution in [3.63, 3.8) is 0 Å². The Bertz CT molecular complexity index is 858. The van der Waals surface area contributed by atoms with Gasteiger partial charge in [0, 0.05) is 17.6 Å². The number of pyridine rings is 1. The molecule has 0 fully saturated rings. The molecule has 2 aromatic carbocycles. The van der Waals surface area contributed by atoms with Crippen LogP contribution < -0.4 is 10.3 Å². The Morgan fingerprint density at radius 3 is 2.50 bits per heavy atom. The average Bonchev–Trinajstić information content (AvgIpc) is 2.51. The van der Waals surface area contributed by atoms with E-state index in [-0.39, 0.29) is 5.43 Å². The van der Waals surface area contributed by atoms with E-state index in [2.05, 4.69) is 6.07 Å². The molecule has 0 atom stereocenters. The number of hydrogen-bond acceptors (Lipinski definition) is 3. The number of para-hydroxylation sites is 1. The van der Waals surface area contributed by atoms with E-state index in [1.807, 2.05) is 18.2 Å². The Kier molecular flexibility index (Phi) is 2.94. The molecule has 4 heteroatoms. The summed E-state index contributed by atoms with van der Waals surface area (Å²) in [6.07, 6.45) is 1.59. The molecule has 0 amide bonds. The summed E-state index contributed by atoms with van der Waals surface area (Å²) >= 11 is 0. The molecule has 0 aliphatic heterocycles. The normalized spacial score (nSPS) is 10.2. The van der Waals surface area contributed by atoms with Crippen molar-refractivity contribution >= 4 is 10.9 Å². The fourth-order valence-corrected chi connectivity index (χ4v) is 1.96. The van der Waals surface area contributed by atoms with Crippen LogP contribution in [0.5, 0.6) is 5.75 Å². The van der Waals surface area contributed by atoms with E-state index in [9.17, 15) is 4.79 Å². The molecular weight excluding hydrogens is 252 g/mol. The van der Waals surface area contributed by atoms with Gasteiger partial charge in [0.25, 0.3) is 0 Å². The van der Waals surface area contributed by atoms with Crippen molar-refractivity contribution in [3.05, 3.63) is 76.6 Å². The van der Waals surface area contributed by atoms with Crippen LogP contribution in [0.2, 0.25) is 0 Å². The molecule has 0 bridgehead atoms. The highest BCUT2D eigenvalue weighted by Gasteiger charge is 2.03. The first-order valence-electron chi connectivity index (χ1n) is 6.07. The zero-order valence-electron chi connectivity index (χ0n) is 10.5. The molecule has 1 heterocycles. The molecule has 0 aliphatic carbocycles. The maximum absolute atomic E-state index is 11.8. The van der Waals surface area contributed by atoms with Crippen LogP contribution in [0.3, 0.4) is 0 Å². The van der Waals surface area contributed by atoms with Crippen LogP contribution in [-0.2, 0) is 0 Å². The van der Waals surface area contributed by atoms with Gasteiger partial charge >= 0.3 is 0 Å². The summed E-state index contributed by atoms with van der Waals surface area (Å²) in [7, 11) is 0. The molecule has 3 rings (SSSR count). The Balaban J connectivity index is 2.04. The van der Waals surface area contributed by atoms with E-state index < -0.39 is 0 Å². The molecule has 1 aromatic heterocycles. The van der Waals surface area contributed by atoms with Gasteiger partial charge in [-0.25, -0.2) is 0 Å². The van der Waals surface area contributed by atoms with Crippen LogP contribution in [0.4, 0.5) is 0 Å². The van der Waals surface area contributed by atoms with Crippen molar-refractivity contribution in [1.82, 2.24) is 4.73 Å². The second kappa shape index (κ2) is 4.90. The lowest BCUT2D eigenvalue weighted by molar-refractivity contribution is 0.227. The molecular formula is C16H10N2O2. The number of aromatic nitrogens is 1. The molecule has 0 saturated heterocycles. The van der Waals surface area contributed by atoms with Crippen LogP contribution in [0.15, 0.2) is 65.6 Å². The maximum atomic E-state index is 11.8. The van der Waals surface area contributed by atoms with Gasteiger partial charge in [-0.1, -0.05) is 12.1 Å². The van der Waals surface area contributed by atoms with Crippen LogP contribution in [0.25, 0.3) is 10.9 Å². The largest absolute Gasteiger partial charge is 0.375 e. The highest BCUT2D eigenvalue weighted by atomic mass is 16.7. The summed E-state index contributed by atoms with van der Waals surface area (Å²) in [6.45, 7) is 0. The number of fused-ring (bicyclic) bond motifs is 1. The van der Waals surface area contributed by atoms with Gasteiger partial charge in [-0.05, 0) is 36.4 Å². The summed E-state index contributed by atoms with van der Waals surface area (Å²) in [4.78, 5) is 17.5. The maximum Gasteiger partial charge on any atom is 0.189 e. The molecule has 0 radical (unpaired) electrons. The van der Waals surface area contributed by atoms with Crippen LogP contribution >= 0.6 is 0 Å². The highest BCUT2D eigenvalue weighted by Crippen LogP contribution is 2.15. The van der Waals surface area contributed by atoms with Crippen molar-refractivity contribution in [2.45, 2.75) is 0 Å². The first-order chi connectivity index (χ1) is 9.78. The van der Waals surface area contributed by atoms with Crippen molar-refractivity contribution in [3.8, 4) is 11.8 Å². The Hall–Kier alpha value is -3.06. The minimum Gasteiger partial charge on any atom is -0.375 e. The van der Waals surface area contributed by atoms with E-state index >= 15 is 0 Å². The molecule has 4 nitrogen and oxygen atoms in total. The summed E-state index contributed by atoms with van der Waals surface area (Å²) < 4.78 is 1.54. The quantitative estimate of drug-likeness (QED) is 0.713. The van der Waals surface area contributed by atoms with Crippen LogP contribution in [-0.4, -0.2) is 4.73 Å². The summed E-state index contributed by atoms with van der Waals surface area (Å²) in [5, 5.41) is 9.36. The Morgan fingerprint density at radius 1 is 1.00 bits per heavy atom. The van der Waals surface area contributed by atoms with E-state index in [4.69, 9.17) is 10.1 Å². The fourth-order valence-electron chi connectivity index (χ4n) is 1.96. The third-order valence-corrected chi connectivity index (χ3v) is 2.96. The lowest BCUT2D eigenvalue weighted by Gasteiger charge is -2.11. The first kappa shape index (κ1) is 12.0. The fraction of sp³-hybridized carbons (Fsp3) is 0. The Labute approximate surface area is 115 Å². The number of nitrogens with zero attached hydrogens (tertiary/aromatic N) is 2. The molecule has 0 N–H and O–H groups in total. The van der Waals surface area contributed by atoms with Gasteiger partial charge in [0.05, 0.1) is 17.1 Å². The number of rotatable bonds is 2. The standard InChI is InChI=1S/C16H10N2O2/c17-11-12-5-7-13(8-6-12)20-18-10-9-16(19)14-3-1-2-4-15(14)18/h1-10H. The second-order valence-electron chi connectivity index (χ2n) is 4.25. The third kappa shape index (κ3) is 2.13. The van der Waals surface area contributed by atoms with Gasteiger partial charge in [0.1, 0.15) is 0 Å². The minimum absolute atomic E-state index is 0.0414. The van der Waals surface area contributed by atoms with Gasteiger partial charge in [0.15, 0.2) is 11.2 Å². The summed E-state index contributed by atoms with van der Waals surface area (Å²) in [5.41, 5.74) is 1.23. The molecule has 20 heavy (non-hydrogen) atoms. The first-order valence-corrected chi connectivity index (χ1v) is 6.07. The number of hydrogen-bond donors (Lipinski definition) is 0. The van der Waals surface area contributed by atoms with Crippen molar-refractivity contribution in [2.24, 2.45) is 0 Å². The van der Waals surface area contributed by atoms with Crippen molar-refractivity contribution in [2.75, 3.05) is 0 Å². The van der Waals surface area contributed by atoms with Gasteiger partial charge in [-0.2, -0.15) is 9.99 Å². The summed E-state index contributed by atoms with van der Waals surface area (Å²) in [6, 6.07) is 17.5. The smallest absolute Gasteiger partial charge is 0.189 e. The second-order valence-corrected chi connectivity index (χ2v) is 4.25. The lowest BCUT2D eigenvalue weighted by Crippen LogP contribution is -2.11. The van der Waals surface area contributed by atoms with Gasteiger partial charge in [-0.3, -0.25) is 4.79 Å². The lowest BCUT2D eigenvalue weighted by atomic mass is 10.2. The predicted octanol–water partition coefficient (Wildman–Crippen LogP) is 2.72. The average molecular weight is 262 g/mol. The van der Waals surface area contributed by atoms with Gasteiger partial charge in [0.2, 0.25) is 0 Å². The zero-order valence-corrected chi connectivity index (χ0v) is 10.5. The molecule has 0 aliphatic rings. The van der Waals surface area contributed by atoms with Crippen LogP contribution in [0.1, 0.15) is 5.56 Å². The summed E-state index contributed by atoms with van der Waals surface area (Å²) in [5.74, 6) is 0.595. The minimum atomic E-state index is -0.0414. The van der Waals surface area contributed by atoms with E-state index in [1.165, 1.54) is 10.8 Å². The molecule has 0 spiro atoms. The molecule has 0 unspecified atom stereocenters. The van der Waals surface area contributed by atoms with Crippen LogP contribution in [0, 0.1) is 11.3 Å². The van der Waals surface area contributed by atoms with E-state index in [0.717, 1.165) is 0 Å². The predicted molar refractivity (Wildman–Crippen MR) is 75.4 cm³/mol. The number of nitriles is 1. The SMILES string of the molecule is N#Cc1ccc(On2ccc(=O)c3ccccc32)cc1. The molecule has 0 saturated carbocycles. The highest BCUT2D eigenvalue weighted by molar-refractivity contribution is 5.78. The molecule has 3 aromatic rings. The van der Waals surface area contributed by atoms with E-state index in [1.54, 1.807) is 36.5 Å². The van der Waals surface area contributed by atoms with Crippen molar-refractivity contribution < 1.29 is 4.84 Å². The Morgan fingerprint density at radius 2 is 1.75 bits per heavy atom. The van der Waals surface area contributed by atoms with Gasteiger partial charge < -0.3 is 4.84 Å². The number of benzene rings is 2. The topological polar surface area (TPSA) is 55.0 Å². The molecule has 96 valence electrons. The van der Waals surface area contributed by atoms with Crippen molar-refractivity contribution in [1.29, 1.82) is 5.26 Å². The van der Waals surface area contributed by atoms with Gasteiger partial charge in [-0.15, -0.1) is 0 Å². The monoisotopic (exact) mass is 262 g/mol. The zero-order chi connectivity index (χ0) is 13.9. The van der Waals surface area contributed by atoms with E-state index in [0.29, 0.717) is 22.2 Å². The third-order valence-electron chi connectivity index (χ3n) is 2.96.